The van der Waals surface area contributed by atoms with Gasteiger partial charge in [0.25, 0.3) is 0 Å². The number of aliphatic carboxylic acids is 1. The van der Waals surface area contributed by atoms with E-state index in [0.717, 1.165) is 6.08 Å². The molecular weight excluding hydrogens is 194 g/mol. The van der Waals surface area contributed by atoms with E-state index >= 15 is 0 Å². The average molecular weight is 209 g/mol. The van der Waals surface area contributed by atoms with Gasteiger partial charge in [-0.1, -0.05) is 12.2 Å². The largest absolute Gasteiger partial charge is 0.478 e. The quantitative estimate of drug-likeness (QED) is 0.234. The Morgan fingerprint density at radius 1 is 1.29 bits per heavy atom. The lowest BCUT2D eigenvalue weighted by Crippen LogP contribution is -2.19. The molecule has 0 aliphatic carbocycles. The molecule has 0 aromatic carbocycles. The van der Waals surface area contributed by atoms with Crippen LogP contribution in [0.1, 0.15) is 0 Å². The summed E-state index contributed by atoms with van der Waals surface area (Å²) in [4.78, 5) is 18.2. The lowest BCUT2D eigenvalue weighted by atomic mass is 10.7. The molecule has 0 spiro atoms. The highest BCUT2D eigenvalue weighted by Crippen LogP contribution is 1.67. The molecule has 0 fully saturated rings. The summed E-state index contributed by atoms with van der Waals surface area (Å²) >= 11 is 0. The van der Waals surface area contributed by atoms with Crippen molar-refractivity contribution in [1.29, 1.82) is 0 Å². The van der Waals surface area contributed by atoms with Gasteiger partial charge >= 0.3 is 5.97 Å². The van der Waals surface area contributed by atoms with Crippen molar-refractivity contribution in [3.05, 3.63) is 12.7 Å². The number of rotatable bonds is 7. The summed E-state index contributed by atoms with van der Waals surface area (Å²) in [6, 6.07) is 0. The predicted octanol–water partition coefficient (Wildman–Crippen LogP) is -1.32. The molecule has 0 saturated heterocycles. The Labute approximate surface area is 81.5 Å². The fraction of sp³-hybridized carbons (Fsp3) is 0.571. The minimum Gasteiger partial charge on any atom is -0.478 e. The molecule has 0 bridgehead atoms. The fourth-order valence-corrected chi connectivity index (χ4v) is 0.216. The Balaban J connectivity index is 0. The van der Waals surface area contributed by atoms with Gasteiger partial charge in [-0.3, -0.25) is 9.68 Å². The number of carbonyl (C=O) groups is 1. The summed E-state index contributed by atoms with van der Waals surface area (Å²) in [5.41, 5.74) is 2.07. The third-order valence-electron chi connectivity index (χ3n) is 0.679. The zero-order valence-electron chi connectivity index (χ0n) is 7.68. The molecule has 0 aliphatic rings. The highest BCUT2D eigenvalue weighted by Gasteiger charge is 1.83. The van der Waals surface area contributed by atoms with Gasteiger partial charge in [0.05, 0.1) is 26.4 Å². The van der Waals surface area contributed by atoms with Crippen molar-refractivity contribution >= 4 is 5.97 Å². The van der Waals surface area contributed by atoms with Crippen molar-refractivity contribution in [2.45, 2.75) is 0 Å². The van der Waals surface area contributed by atoms with E-state index < -0.39 is 5.97 Å². The second kappa shape index (κ2) is 14.5. The summed E-state index contributed by atoms with van der Waals surface area (Å²) in [6.45, 7) is 3.18. The van der Waals surface area contributed by atoms with Crippen LogP contribution in [0, 0.1) is 0 Å². The maximum absolute atomic E-state index is 9.25. The first kappa shape index (κ1) is 15.5. The molecular formula is C7H15NO6. The number of aliphatic hydroxyl groups is 2. The van der Waals surface area contributed by atoms with Crippen LogP contribution in [0.5, 0.6) is 0 Å². The molecule has 7 nitrogen and oxygen atoms in total. The van der Waals surface area contributed by atoms with Crippen molar-refractivity contribution in [2.75, 3.05) is 26.4 Å². The molecule has 0 aliphatic heterocycles. The molecule has 0 heterocycles. The van der Waals surface area contributed by atoms with Crippen molar-refractivity contribution in [3.63, 3.8) is 0 Å². The molecule has 4 N–H and O–H groups in total. The minimum atomic E-state index is -0.981. The molecule has 0 aromatic rings. The Morgan fingerprint density at radius 3 is 1.86 bits per heavy atom. The fourth-order valence-electron chi connectivity index (χ4n) is 0.216. The molecule has 14 heavy (non-hydrogen) atoms. The number of hydrogen-bond donors (Lipinski definition) is 4. The van der Waals surface area contributed by atoms with Crippen LogP contribution in [-0.4, -0.2) is 47.7 Å². The predicted molar refractivity (Wildman–Crippen MR) is 47.0 cm³/mol. The molecule has 0 rings (SSSR count). The van der Waals surface area contributed by atoms with Crippen LogP contribution in [0.25, 0.3) is 0 Å². The van der Waals surface area contributed by atoms with Crippen molar-refractivity contribution in [1.82, 2.24) is 5.64 Å². The van der Waals surface area contributed by atoms with Crippen LogP contribution >= 0.6 is 0 Å². The number of aliphatic hydroxyl groups excluding tert-OH is 2. The van der Waals surface area contributed by atoms with Crippen molar-refractivity contribution < 1.29 is 29.8 Å². The van der Waals surface area contributed by atoms with E-state index in [2.05, 4.69) is 21.9 Å². The first-order chi connectivity index (χ1) is 6.68. The Morgan fingerprint density at radius 2 is 1.64 bits per heavy atom. The van der Waals surface area contributed by atoms with Crippen LogP contribution in [0.3, 0.4) is 0 Å². The van der Waals surface area contributed by atoms with Crippen LogP contribution in [-0.2, 0) is 14.5 Å². The SMILES string of the molecule is C=CC(=O)O.OCCONOCCO. The maximum Gasteiger partial charge on any atom is 0.327 e. The number of carboxylic acids is 1. The minimum absolute atomic E-state index is 0.0600. The smallest absolute Gasteiger partial charge is 0.327 e. The standard InChI is InChI=1S/C4H11NO4.C3H4O2/c6-1-3-8-5-9-4-2-7;1-2-3(4)5/h5-7H,1-4H2;2H,1H2,(H,4,5). The van der Waals surface area contributed by atoms with Gasteiger partial charge in [-0.15, -0.1) is 0 Å². The average Bonchev–Trinajstić information content (AvgIpc) is 2.19. The van der Waals surface area contributed by atoms with Gasteiger partial charge < -0.3 is 15.3 Å². The Bertz CT molecular complexity index is 134. The molecule has 0 saturated carbocycles. The molecule has 0 aromatic heterocycles. The van der Waals surface area contributed by atoms with E-state index in [-0.39, 0.29) is 26.4 Å². The lowest BCUT2D eigenvalue weighted by molar-refractivity contribution is -0.178. The lowest BCUT2D eigenvalue weighted by Gasteiger charge is -2.01. The number of carboxylic acid groups (broad SMARTS) is 1. The Hall–Kier alpha value is -0.990. The van der Waals surface area contributed by atoms with Gasteiger partial charge in [-0.05, 0) is 0 Å². The van der Waals surface area contributed by atoms with E-state index in [0.29, 0.717) is 0 Å². The van der Waals surface area contributed by atoms with Gasteiger partial charge in [-0.2, -0.15) is 0 Å². The number of nitrogens with one attached hydrogen (secondary N) is 1. The third-order valence-corrected chi connectivity index (χ3v) is 0.679. The highest BCUT2D eigenvalue weighted by atomic mass is 16.9. The molecule has 0 unspecified atom stereocenters. The molecule has 0 amide bonds. The van der Waals surface area contributed by atoms with Crippen LogP contribution < -0.4 is 5.64 Å². The number of hydrogen-bond acceptors (Lipinski definition) is 6. The maximum atomic E-state index is 9.25. The van der Waals surface area contributed by atoms with Gasteiger partial charge in [0.15, 0.2) is 0 Å². The van der Waals surface area contributed by atoms with Crippen LogP contribution in [0.4, 0.5) is 0 Å². The second-order valence-electron chi connectivity index (χ2n) is 1.77. The second-order valence-corrected chi connectivity index (χ2v) is 1.77. The Kier molecular flexibility index (Phi) is 16.1. The molecule has 0 radical (unpaired) electrons. The first-order valence-corrected chi connectivity index (χ1v) is 3.74. The van der Waals surface area contributed by atoms with E-state index in [9.17, 15) is 4.79 Å². The zero-order valence-corrected chi connectivity index (χ0v) is 7.68. The van der Waals surface area contributed by atoms with E-state index in [1.54, 1.807) is 0 Å². The van der Waals surface area contributed by atoms with Crippen molar-refractivity contribution in [3.8, 4) is 0 Å². The first-order valence-electron chi connectivity index (χ1n) is 3.74. The van der Waals surface area contributed by atoms with Gasteiger partial charge in [0, 0.05) is 6.08 Å². The summed E-state index contributed by atoms with van der Waals surface area (Å²) in [5.74, 6) is -0.981. The normalized spacial score (nSPS) is 8.71. The summed E-state index contributed by atoms with van der Waals surface area (Å²) in [7, 11) is 0. The third kappa shape index (κ3) is 22.5. The monoisotopic (exact) mass is 209 g/mol. The topological polar surface area (TPSA) is 108 Å². The van der Waals surface area contributed by atoms with E-state index in [1.807, 2.05) is 0 Å². The molecule has 7 heteroatoms. The summed E-state index contributed by atoms with van der Waals surface area (Å²) < 4.78 is 0. The van der Waals surface area contributed by atoms with Gasteiger partial charge in [0.1, 0.15) is 0 Å². The summed E-state index contributed by atoms with van der Waals surface area (Å²) in [6.07, 6.45) is 0.833. The van der Waals surface area contributed by atoms with Gasteiger partial charge in [-0.25, -0.2) is 4.79 Å². The summed E-state index contributed by atoms with van der Waals surface area (Å²) in [5, 5.41) is 23.9. The van der Waals surface area contributed by atoms with Gasteiger partial charge in [0.2, 0.25) is 0 Å². The highest BCUT2D eigenvalue weighted by molar-refractivity contribution is 5.78. The molecule has 0 atom stereocenters. The van der Waals surface area contributed by atoms with Crippen LogP contribution in [0.2, 0.25) is 0 Å². The zero-order chi connectivity index (χ0) is 11.2. The van der Waals surface area contributed by atoms with Crippen molar-refractivity contribution in [2.24, 2.45) is 0 Å². The molecule has 84 valence electrons. The van der Waals surface area contributed by atoms with E-state index in [1.165, 1.54) is 0 Å². The van der Waals surface area contributed by atoms with E-state index in [4.69, 9.17) is 15.3 Å². The van der Waals surface area contributed by atoms with Crippen LogP contribution in [0.15, 0.2) is 12.7 Å².